The van der Waals surface area contributed by atoms with Gasteiger partial charge in [0.25, 0.3) is 0 Å². The second-order valence-corrected chi connectivity index (χ2v) is 12.1. The van der Waals surface area contributed by atoms with E-state index in [-0.39, 0.29) is 0 Å². The van der Waals surface area contributed by atoms with Crippen molar-refractivity contribution in [2.24, 2.45) is 5.92 Å². The van der Waals surface area contributed by atoms with Crippen molar-refractivity contribution in [2.45, 2.75) is 136 Å². The van der Waals surface area contributed by atoms with Crippen LogP contribution < -0.4 is 0 Å². The summed E-state index contributed by atoms with van der Waals surface area (Å²) in [7, 11) is -2.18. The van der Waals surface area contributed by atoms with Crippen LogP contribution in [0.25, 0.3) is 0 Å². The molecule has 3 heteroatoms. The zero-order valence-corrected chi connectivity index (χ0v) is 21.6. The first-order valence-corrected chi connectivity index (χ1v) is 15.4. The van der Waals surface area contributed by atoms with Gasteiger partial charge >= 0.3 is 8.56 Å². The number of hydrogen-bond acceptors (Lipinski definition) is 2. The van der Waals surface area contributed by atoms with E-state index in [2.05, 4.69) is 33.9 Å². The topological polar surface area (TPSA) is 18.5 Å². The minimum absolute atomic E-state index is 0.668. The fourth-order valence-electron chi connectivity index (χ4n) is 3.74. The molecule has 0 aliphatic carbocycles. The average molecular weight is 427 g/mol. The number of unbranched alkanes of at least 4 members (excludes halogenated alkanes) is 13. The highest BCUT2D eigenvalue weighted by molar-refractivity contribution is 6.71. The minimum Gasteiger partial charge on any atom is -0.391 e. The first-order valence-electron chi connectivity index (χ1n) is 13.0. The smallest absolute Gasteiger partial charge is 0.361 e. The van der Waals surface area contributed by atoms with E-state index in [1.165, 1.54) is 103 Å². The van der Waals surface area contributed by atoms with Gasteiger partial charge in [-0.3, -0.25) is 0 Å². The molecule has 0 heterocycles. The Kier molecular flexibility index (Phi) is 21.0. The summed E-state index contributed by atoms with van der Waals surface area (Å²) in [6.45, 7) is 14.6. The van der Waals surface area contributed by atoms with Crippen molar-refractivity contribution in [3.05, 3.63) is 12.3 Å². The SMILES string of the molecule is C=C[Si](C)(OCCCCCCCCCCCCCCC)OCC(CC)CCCC. The van der Waals surface area contributed by atoms with E-state index in [4.69, 9.17) is 8.85 Å². The van der Waals surface area contributed by atoms with E-state index in [1.807, 2.05) is 5.70 Å². The van der Waals surface area contributed by atoms with E-state index in [0.29, 0.717) is 5.92 Å². The third kappa shape index (κ3) is 18.4. The predicted octanol–water partition coefficient (Wildman–Crippen LogP) is 9.12. The quantitative estimate of drug-likeness (QED) is 0.120. The summed E-state index contributed by atoms with van der Waals surface area (Å²) in [4.78, 5) is 0. The fourth-order valence-corrected chi connectivity index (χ4v) is 5.17. The monoisotopic (exact) mass is 426 g/mol. The molecule has 0 amide bonds. The van der Waals surface area contributed by atoms with Crippen molar-refractivity contribution in [1.29, 1.82) is 0 Å². The Morgan fingerprint density at radius 2 is 1.17 bits per heavy atom. The van der Waals surface area contributed by atoms with E-state index in [1.54, 1.807) is 0 Å². The summed E-state index contributed by atoms with van der Waals surface area (Å²) < 4.78 is 12.4. The molecular weight excluding hydrogens is 372 g/mol. The Hall–Kier alpha value is -0.123. The second-order valence-electron chi connectivity index (χ2n) is 9.04. The van der Waals surface area contributed by atoms with E-state index in [0.717, 1.165) is 19.6 Å². The average Bonchev–Trinajstić information content (AvgIpc) is 2.74. The predicted molar refractivity (Wildman–Crippen MR) is 133 cm³/mol. The largest absolute Gasteiger partial charge is 0.391 e. The van der Waals surface area contributed by atoms with Gasteiger partial charge in [0, 0.05) is 13.2 Å². The van der Waals surface area contributed by atoms with Crippen LogP contribution in [0.1, 0.15) is 130 Å². The number of hydrogen-bond donors (Lipinski definition) is 0. The van der Waals surface area contributed by atoms with Gasteiger partial charge in [0.1, 0.15) is 0 Å². The van der Waals surface area contributed by atoms with Crippen LogP contribution in [0.5, 0.6) is 0 Å². The summed E-state index contributed by atoms with van der Waals surface area (Å²) in [5, 5.41) is 0. The van der Waals surface area contributed by atoms with Crippen LogP contribution in [0.4, 0.5) is 0 Å². The molecule has 0 aromatic carbocycles. The molecule has 0 rings (SSSR count). The Balaban J connectivity index is 3.59. The highest BCUT2D eigenvalue weighted by atomic mass is 28.4. The lowest BCUT2D eigenvalue weighted by atomic mass is 10.0. The van der Waals surface area contributed by atoms with Gasteiger partial charge < -0.3 is 8.85 Å². The first kappa shape index (κ1) is 28.9. The van der Waals surface area contributed by atoms with Crippen molar-refractivity contribution in [3.8, 4) is 0 Å². The Labute approximate surface area is 185 Å². The van der Waals surface area contributed by atoms with Gasteiger partial charge in [0.15, 0.2) is 0 Å². The molecule has 29 heavy (non-hydrogen) atoms. The van der Waals surface area contributed by atoms with Crippen molar-refractivity contribution < 1.29 is 8.85 Å². The molecule has 2 unspecified atom stereocenters. The second kappa shape index (κ2) is 21.1. The highest BCUT2D eigenvalue weighted by Gasteiger charge is 2.28. The molecule has 0 aliphatic rings. The fraction of sp³-hybridized carbons (Fsp3) is 0.923. The molecule has 0 radical (unpaired) electrons. The molecule has 2 atom stereocenters. The number of rotatable bonds is 23. The maximum Gasteiger partial charge on any atom is 0.361 e. The van der Waals surface area contributed by atoms with Crippen LogP contribution in [-0.4, -0.2) is 21.8 Å². The molecule has 174 valence electrons. The van der Waals surface area contributed by atoms with Gasteiger partial charge in [0.2, 0.25) is 0 Å². The van der Waals surface area contributed by atoms with E-state index >= 15 is 0 Å². The van der Waals surface area contributed by atoms with Crippen LogP contribution in [0.2, 0.25) is 6.55 Å². The molecule has 0 N–H and O–H groups in total. The van der Waals surface area contributed by atoms with Crippen LogP contribution in [0.3, 0.4) is 0 Å². The summed E-state index contributed by atoms with van der Waals surface area (Å²) in [5.74, 6) is 0.668. The normalized spacial score (nSPS) is 14.6. The lowest BCUT2D eigenvalue weighted by molar-refractivity contribution is 0.150. The van der Waals surface area contributed by atoms with Gasteiger partial charge in [0.05, 0.1) is 0 Å². The van der Waals surface area contributed by atoms with Crippen LogP contribution in [0, 0.1) is 5.92 Å². The first-order chi connectivity index (χ1) is 14.1. The van der Waals surface area contributed by atoms with Gasteiger partial charge in [-0.2, -0.15) is 0 Å². The summed E-state index contributed by atoms with van der Waals surface area (Å²) in [5.41, 5.74) is 1.96. The van der Waals surface area contributed by atoms with Crippen molar-refractivity contribution in [2.75, 3.05) is 13.2 Å². The third-order valence-corrected chi connectivity index (χ3v) is 8.42. The highest BCUT2D eigenvalue weighted by Crippen LogP contribution is 2.18. The minimum atomic E-state index is -2.18. The molecule has 0 bridgehead atoms. The van der Waals surface area contributed by atoms with E-state index < -0.39 is 8.56 Å². The van der Waals surface area contributed by atoms with Crippen molar-refractivity contribution >= 4 is 8.56 Å². The molecular formula is C26H54O2Si. The molecule has 0 aromatic heterocycles. The van der Waals surface area contributed by atoms with Gasteiger partial charge in [-0.05, 0) is 31.0 Å². The van der Waals surface area contributed by atoms with Crippen LogP contribution in [0.15, 0.2) is 12.3 Å². The molecule has 0 saturated heterocycles. The lowest BCUT2D eigenvalue weighted by Gasteiger charge is -2.26. The van der Waals surface area contributed by atoms with Crippen molar-refractivity contribution in [3.63, 3.8) is 0 Å². The molecule has 0 aromatic rings. The summed E-state index contributed by atoms with van der Waals surface area (Å²) >= 11 is 0. The standard InChI is InChI=1S/C26H54O2Si/c1-6-10-12-13-14-15-16-17-18-19-20-21-22-24-27-29(5,9-4)28-25-26(8-3)23-11-7-2/h9,26H,4,6-8,10-25H2,1-3,5H3. The summed E-state index contributed by atoms with van der Waals surface area (Å²) in [6, 6.07) is 0. The van der Waals surface area contributed by atoms with Gasteiger partial charge in [-0.25, -0.2) is 0 Å². The maximum absolute atomic E-state index is 6.24. The Morgan fingerprint density at radius 1 is 0.690 bits per heavy atom. The van der Waals surface area contributed by atoms with Crippen molar-refractivity contribution in [1.82, 2.24) is 0 Å². The Morgan fingerprint density at radius 3 is 1.62 bits per heavy atom. The summed E-state index contributed by atoms with van der Waals surface area (Å²) in [6.07, 6.45) is 23.0. The van der Waals surface area contributed by atoms with Crippen LogP contribution in [-0.2, 0) is 8.85 Å². The van der Waals surface area contributed by atoms with Crippen LogP contribution >= 0.6 is 0 Å². The zero-order valence-electron chi connectivity index (χ0n) is 20.6. The van der Waals surface area contributed by atoms with E-state index in [9.17, 15) is 0 Å². The van der Waals surface area contributed by atoms with Gasteiger partial charge in [-0.1, -0.05) is 117 Å². The molecule has 0 aliphatic heterocycles. The lowest BCUT2D eigenvalue weighted by Crippen LogP contribution is -2.38. The maximum atomic E-state index is 6.24. The van der Waals surface area contributed by atoms with Gasteiger partial charge in [-0.15, -0.1) is 6.58 Å². The molecule has 2 nitrogen and oxygen atoms in total. The molecule has 0 saturated carbocycles. The molecule has 0 spiro atoms. The Bertz CT molecular complexity index is 348. The third-order valence-electron chi connectivity index (χ3n) is 6.16. The zero-order chi connectivity index (χ0) is 21.6. The molecule has 0 fully saturated rings.